The third kappa shape index (κ3) is 3.82. The van der Waals surface area contributed by atoms with E-state index in [1.165, 1.54) is 36.1 Å². The van der Waals surface area contributed by atoms with Crippen LogP contribution in [-0.2, 0) is 5.33 Å². The van der Waals surface area contributed by atoms with Crippen LogP contribution in [0.15, 0.2) is 18.2 Å². The van der Waals surface area contributed by atoms with Crippen LogP contribution in [0, 0.1) is 6.92 Å². The average Bonchev–Trinajstić information content (AvgIpc) is 2.29. The second kappa shape index (κ2) is 6.95. The number of alkyl halides is 1. The molecule has 2 heteroatoms. The molecule has 0 saturated carbocycles. The maximum absolute atomic E-state index is 3.51. The number of hydrogen-bond donors (Lipinski definition) is 0. The average molecular weight is 284 g/mol. The second-order valence-corrected chi connectivity index (χ2v) is 4.93. The standard InChI is InChI=1S/C14H22BrN/c1-4-5-6-9-16(3)14-8-7-13(11-15)12(2)10-14/h7-8,10H,4-6,9,11H2,1-3H3. The lowest BCUT2D eigenvalue weighted by atomic mass is 10.1. The van der Waals surface area contributed by atoms with Gasteiger partial charge in [-0.1, -0.05) is 41.8 Å². The third-order valence-corrected chi connectivity index (χ3v) is 3.61. The zero-order valence-corrected chi connectivity index (χ0v) is 12.2. The van der Waals surface area contributed by atoms with Crippen LogP contribution in [0.25, 0.3) is 0 Å². The molecule has 0 amide bonds. The van der Waals surface area contributed by atoms with Gasteiger partial charge < -0.3 is 4.90 Å². The summed E-state index contributed by atoms with van der Waals surface area (Å²) in [6.45, 7) is 5.58. The van der Waals surface area contributed by atoms with Crippen LogP contribution in [0.3, 0.4) is 0 Å². The lowest BCUT2D eigenvalue weighted by Crippen LogP contribution is -2.18. The summed E-state index contributed by atoms with van der Waals surface area (Å²) in [4.78, 5) is 2.35. The molecule has 0 aliphatic carbocycles. The minimum absolute atomic E-state index is 0.943. The van der Waals surface area contributed by atoms with Crippen LogP contribution >= 0.6 is 15.9 Å². The molecule has 16 heavy (non-hydrogen) atoms. The zero-order chi connectivity index (χ0) is 12.0. The van der Waals surface area contributed by atoms with Crippen molar-refractivity contribution >= 4 is 21.6 Å². The Bertz CT molecular complexity index is 323. The SMILES string of the molecule is CCCCCN(C)c1ccc(CBr)c(C)c1. The molecule has 1 aromatic rings. The highest BCUT2D eigenvalue weighted by Gasteiger charge is 2.03. The first-order valence-electron chi connectivity index (χ1n) is 6.05. The van der Waals surface area contributed by atoms with Gasteiger partial charge in [0.2, 0.25) is 0 Å². The molecule has 0 fully saturated rings. The minimum Gasteiger partial charge on any atom is -0.375 e. The molecule has 90 valence electrons. The van der Waals surface area contributed by atoms with E-state index in [0.29, 0.717) is 0 Å². The Morgan fingerprint density at radius 3 is 2.56 bits per heavy atom. The lowest BCUT2D eigenvalue weighted by molar-refractivity contribution is 0.705. The van der Waals surface area contributed by atoms with E-state index in [1.807, 2.05) is 0 Å². The predicted molar refractivity (Wildman–Crippen MR) is 76.6 cm³/mol. The molecule has 0 saturated heterocycles. The molecule has 0 aliphatic heterocycles. The van der Waals surface area contributed by atoms with Crippen molar-refractivity contribution in [1.29, 1.82) is 0 Å². The van der Waals surface area contributed by atoms with Gasteiger partial charge in [0, 0.05) is 24.6 Å². The summed E-state index contributed by atoms with van der Waals surface area (Å²) in [5.41, 5.74) is 4.08. The van der Waals surface area contributed by atoms with Gasteiger partial charge >= 0.3 is 0 Å². The number of halogens is 1. The summed E-state index contributed by atoms with van der Waals surface area (Å²) >= 11 is 3.51. The molecule has 0 radical (unpaired) electrons. The molecule has 0 unspecified atom stereocenters. The van der Waals surface area contributed by atoms with Gasteiger partial charge in [-0.15, -0.1) is 0 Å². The Morgan fingerprint density at radius 1 is 1.25 bits per heavy atom. The number of hydrogen-bond acceptors (Lipinski definition) is 1. The number of nitrogens with zero attached hydrogens (tertiary/aromatic N) is 1. The fraction of sp³-hybridized carbons (Fsp3) is 0.571. The summed E-state index contributed by atoms with van der Waals surface area (Å²) in [6.07, 6.45) is 3.89. The molecule has 1 nitrogen and oxygen atoms in total. The predicted octanol–water partition coefficient (Wildman–Crippen LogP) is 4.52. The molecule has 0 spiro atoms. The topological polar surface area (TPSA) is 3.24 Å². The van der Waals surface area contributed by atoms with Crippen molar-refractivity contribution in [2.75, 3.05) is 18.5 Å². The molecule has 1 rings (SSSR count). The van der Waals surface area contributed by atoms with Crippen molar-refractivity contribution in [3.63, 3.8) is 0 Å². The van der Waals surface area contributed by atoms with E-state index in [1.54, 1.807) is 0 Å². The van der Waals surface area contributed by atoms with Gasteiger partial charge in [0.1, 0.15) is 0 Å². The van der Waals surface area contributed by atoms with Crippen LogP contribution in [0.4, 0.5) is 5.69 Å². The smallest absolute Gasteiger partial charge is 0.0366 e. The monoisotopic (exact) mass is 283 g/mol. The lowest BCUT2D eigenvalue weighted by Gasteiger charge is -2.20. The van der Waals surface area contributed by atoms with Crippen molar-refractivity contribution in [3.05, 3.63) is 29.3 Å². The van der Waals surface area contributed by atoms with Gasteiger partial charge in [-0.2, -0.15) is 0 Å². The zero-order valence-electron chi connectivity index (χ0n) is 10.6. The molecule has 0 bridgehead atoms. The fourth-order valence-corrected chi connectivity index (χ4v) is 2.42. The highest BCUT2D eigenvalue weighted by atomic mass is 79.9. The van der Waals surface area contributed by atoms with Gasteiger partial charge in [-0.05, 0) is 36.6 Å². The Balaban J connectivity index is 2.62. The van der Waals surface area contributed by atoms with E-state index in [9.17, 15) is 0 Å². The Morgan fingerprint density at radius 2 is 2.00 bits per heavy atom. The number of unbranched alkanes of at least 4 members (excludes halogenated alkanes) is 2. The largest absolute Gasteiger partial charge is 0.375 e. The first-order chi connectivity index (χ1) is 7.69. The van der Waals surface area contributed by atoms with E-state index in [2.05, 4.69) is 59.9 Å². The van der Waals surface area contributed by atoms with Crippen LogP contribution < -0.4 is 4.90 Å². The molecule has 0 atom stereocenters. The van der Waals surface area contributed by atoms with E-state index in [-0.39, 0.29) is 0 Å². The number of anilines is 1. The van der Waals surface area contributed by atoms with Crippen molar-refractivity contribution in [3.8, 4) is 0 Å². The Hall–Kier alpha value is -0.500. The molecule has 0 N–H and O–H groups in total. The van der Waals surface area contributed by atoms with Crippen molar-refractivity contribution in [1.82, 2.24) is 0 Å². The maximum atomic E-state index is 3.51. The second-order valence-electron chi connectivity index (χ2n) is 4.37. The summed E-state index contributed by atoms with van der Waals surface area (Å²) in [6, 6.07) is 6.72. The first-order valence-corrected chi connectivity index (χ1v) is 7.17. The fourth-order valence-electron chi connectivity index (χ4n) is 1.80. The minimum atomic E-state index is 0.943. The quantitative estimate of drug-likeness (QED) is 0.548. The van der Waals surface area contributed by atoms with Crippen LogP contribution in [0.5, 0.6) is 0 Å². The first kappa shape index (κ1) is 13.6. The van der Waals surface area contributed by atoms with Crippen molar-refractivity contribution in [2.45, 2.75) is 38.4 Å². The molecular formula is C14H22BrN. The van der Waals surface area contributed by atoms with Gasteiger partial charge in [-0.25, -0.2) is 0 Å². The van der Waals surface area contributed by atoms with Crippen molar-refractivity contribution in [2.24, 2.45) is 0 Å². The molecular weight excluding hydrogens is 262 g/mol. The molecule has 1 aromatic carbocycles. The van der Waals surface area contributed by atoms with Gasteiger partial charge in [0.05, 0.1) is 0 Å². The normalized spacial score (nSPS) is 10.5. The highest BCUT2D eigenvalue weighted by Crippen LogP contribution is 2.20. The van der Waals surface area contributed by atoms with E-state index >= 15 is 0 Å². The summed E-state index contributed by atoms with van der Waals surface area (Å²) < 4.78 is 0. The van der Waals surface area contributed by atoms with E-state index < -0.39 is 0 Å². The van der Waals surface area contributed by atoms with Crippen LogP contribution in [-0.4, -0.2) is 13.6 Å². The number of aryl methyl sites for hydroxylation is 1. The maximum Gasteiger partial charge on any atom is 0.0366 e. The summed E-state index contributed by atoms with van der Waals surface area (Å²) in [7, 11) is 2.18. The van der Waals surface area contributed by atoms with Crippen LogP contribution in [0.2, 0.25) is 0 Å². The number of rotatable bonds is 6. The van der Waals surface area contributed by atoms with Gasteiger partial charge in [0.15, 0.2) is 0 Å². The Labute approximate surface area is 108 Å². The van der Waals surface area contributed by atoms with Gasteiger partial charge in [0.25, 0.3) is 0 Å². The highest BCUT2D eigenvalue weighted by molar-refractivity contribution is 9.08. The molecule has 0 aromatic heterocycles. The van der Waals surface area contributed by atoms with E-state index in [0.717, 1.165) is 11.9 Å². The molecule has 0 aliphatic rings. The number of benzene rings is 1. The molecule has 0 heterocycles. The third-order valence-electron chi connectivity index (χ3n) is 3.01. The Kier molecular flexibility index (Phi) is 5.89. The van der Waals surface area contributed by atoms with Crippen LogP contribution in [0.1, 0.15) is 37.3 Å². The van der Waals surface area contributed by atoms with Gasteiger partial charge in [-0.3, -0.25) is 0 Å². The van der Waals surface area contributed by atoms with E-state index in [4.69, 9.17) is 0 Å². The van der Waals surface area contributed by atoms with Crippen molar-refractivity contribution < 1.29 is 0 Å². The summed E-state index contributed by atoms with van der Waals surface area (Å²) in [5, 5.41) is 0.943. The summed E-state index contributed by atoms with van der Waals surface area (Å²) in [5.74, 6) is 0.